The molecule has 0 spiro atoms. The lowest BCUT2D eigenvalue weighted by Crippen LogP contribution is -2.43. The molecule has 3 nitrogen and oxygen atoms in total. The molecule has 0 radical (unpaired) electrons. The standard InChI is InChI=1S/C10H19NO2/c1-8(2)10-6-11-3-4-12-9(5-11)7-13-10/h8-10H,3-7H2,1-2H3/t9-,10-/m1/s1. The minimum atomic E-state index is 0.317. The van der Waals surface area contributed by atoms with E-state index in [1.807, 2.05) is 0 Å². The molecule has 2 saturated heterocycles. The van der Waals surface area contributed by atoms with E-state index < -0.39 is 0 Å². The Hall–Kier alpha value is -0.120. The average molecular weight is 185 g/mol. The number of fused-ring (bicyclic) bond motifs is 2. The molecule has 2 rings (SSSR count). The first-order chi connectivity index (χ1) is 6.25. The molecule has 0 aromatic carbocycles. The number of morpholine rings is 1. The molecule has 13 heavy (non-hydrogen) atoms. The van der Waals surface area contributed by atoms with E-state index in [4.69, 9.17) is 9.47 Å². The SMILES string of the molecule is CC(C)[C@H]1CN2CCO[C@@H](CO1)C2. The lowest BCUT2D eigenvalue weighted by molar-refractivity contribution is -0.0474. The lowest BCUT2D eigenvalue weighted by Gasteiger charge is -2.30. The Morgan fingerprint density at radius 1 is 1.23 bits per heavy atom. The first-order valence-electron chi connectivity index (χ1n) is 5.21. The minimum Gasteiger partial charge on any atom is -0.374 e. The Morgan fingerprint density at radius 3 is 2.85 bits per heavy atom. The number of rotatable bonds is 1. The minimum absolute atomic E-state index is 0.317. The van der Waals surface area contributed by atoms with Crippen molar-refractivity contribution in [2.45, 2.75) is 26.1 Å². The van der Waals surface area contributed by atoms with Gasteiger partial charge >= 0.3 is 0 Å². The lowest BCUT2D eigenvalue weighted by atomic mass is 10.1. The van der Waals surface area contributed by atoms with Crippen LogP contribution in [0, 0.1) is 5.92 Å². The van der Waals surface area contributed by atoms with Crippen molar-refractivity contribution < 1.29 is 9.47 Å². The van der Waals surface area contributed by atoms with Gasteiger partial charge < -0.3 is 9.47 Å². The van der Waals surface area contributed by atoms with Crippen LogP contribution in [0.5, 0.6) is 0 Å². The second-order valence-corrected chi connectivity index (χ2v) is 4.37. The summed E-state index contributed by atoms with van der Waals surface area (Å²) in [6, 6.07) is 0. The average Bonchev–Trinajstić information content (AvgIpc) is 2.25. The smallest absolute Gasteiger partial charge is 0.0935 e. The van der Waals surface area contributed by atoms with Gasteiger partial charge in [0, 0.05) is 19.6 Å². The molecule has 3 atom stereocenters. The molecule has 3 heteroatoms. The monoisotopic (exact) mass is 185 g/mol. The molecule has 2 aliphatic rings. The Kier molecular flexibility index (Phi) is 2.86. The normalized spacial score (nSPS) is 40.4. The Balaban J connectivity index is 1.97. The second-order valence-electron chi connectivity index (χ2n) is 4.37. The molecule has 2 fully saturated rings. The number of hydrogen-bond acceptors (Lipinski definition) is 3. The summed E-state index contributed by atoms with van der Waals surface area (Å²) in [5, 5.41) is 0. The number of nitrogens with zero attached hydrogens (tertiary/aromatic N) is 1. The topological polar surface area (TPSA) is 21.7 Å². The molecule has 0 N–H and O–H groups in total. The van der Waals surface area contributed by atoms with Crippen molar-refractivity contribution in [1.82, 2.24) is 4.90 Å². The third-order valence-corrected chi connectivity index (χ3v) is 2.90. The molecule has 2 bridgehead atoms. The molecular weight excluding hydrogens is 166 g/mol. The van der Waals surface area contributed by atoms with E-state index >= 15 is 0 Å². The maximum atomic E-state index is 5.81. The second kappa shape index (κ2) is 3.95. The summed E-state index contributed by atoms with van der Waals surface area (Å²) in [4.78, 5) is 2.46. The van der Waals surface area contributed by atoms with Gasteiger partial charge in [-0.05, 0) is 5.92 Å². The molecular formula is C10H19NO2. The van der Waals surface area contributed by atoms with E-state index in [9.17, 15) is 0 Å². The van der Waals surface area contributed by atoms with Gasteiger partial charge in [0.2, 0.25) is 0 Å². The molecule has 76 valence electrons. The summed E-state index contributed by atoms with van der Waals surface area (Å²) in [6.07, 6.45) is 0.712. The summed E-state index contributed by atoms with van der Waals surface area (Å²) < 4.78 is 11.4. The number of ether oxygens (including phenoxy) is 2. The van der Waals surface area contributed by atoms with Gasteiger partial charge in [0.15, 0.2) is 0 Å². The van der Waals surface area contributed by atoms with Crippen LogP contribution in [0.15, 0.2) is 0 Å². The molecule has 0 amide bonds. The fraction of sp³-hybridized carbons (Fsp3) is 1.00. The summed E-state index contributed by atoms with van der Waals surface area (Å²) in [7, 11) is 0. The quantitative estimate of drug-likeness (QED) is 0.601. The largest absolute Gasteiger partial charge is 0.374 e. The van der Waals surface area contributed by atoms with E-state index in [-0.39, 0.29) is 0 Å². The summed E-state index contributed by atoms with van der Waals surface area (Å²) in [5.41, 5.74) is 0. The predicted octanol–water partition coefficient (Wildman–Crippen LogP) is 0.742. The van der Waals surface area contributed by atoms with Gasteiger partial charge in [0.25, 0.3) is 0 Å². The summed E-state index contributed by atoms with van der Waals surface area (Å²) >= 11 is 0. The third kappa shape index (κ3) is 2.22. The van der Waals surface area contributed by atoms with Crippen LogP contribution in [0.4, 0.5) is 0 Å². The van der Waals surface area contributed by atoms with Crippen molar-refractivity contribution in [3.8, 4) is 0 Å². The zero-order chi connectivity index (χ0) is 9.26. The van der Waals surface area contributed by atoms with Crippen LogP contribution in [-0.2, 0) is 9.47 Å². The van der Waals surface area contributed by atoms with Gasteiger partial charge in [-0.25, -0.2) is 0 Å². The Labute approximate surface area is 80.0 Å². The zero-order valence-corrected chi connectivity index (χ0v) is 8.53. The third-order valence-electron chi connectivity index (χ3n) is 2.90. The maximum Gasteiger partial charge on any atom is 0.0935 e. The van der Waals surface area contributed by atoms with E-state index in [2.05, 4.69) is 18.7 Å². The van der Waals surface area contributed by atoms with Crippen LogP contribution >= 0.6 is 0 Å². The van der Waals surface area contributed by atoms with Crippen molar-refractivity contribution in [1.29, 1.82) is 0 Å². The predicted molar refractivity (Wildman–Crippen MR) is 50.8 cm³/mol. The van der Waals surface area contributed by atoms with Crippen molar-refractivity contribution in [2.75, 3.05) is 32.8 Å². The zero-order valence-electron chi connectivity index (χ0n) is 8.53. The van der Waals surface area contributed by atoms with Gasteiger partial charge in [0.1, 0.15) is 0 Å². The van der Waals surface area contributed by atoms with Gasteiger partial charge in [-0.1, -0.05) is 13.8 Å². The molecule has 0 aromatic heterocycles. The highest BCUT2D eigenvalue weighted by atomic mass is 16.5. The van der Waals surface area contributed by atoms with Crippen molar-refractivity contribution >= 4 is 0 Å². The van der Waals surface area contributed by atoms with Crippen molar-refractivity contribution in [3.05, 3.63) is 0 Å². The van der Waals surface area contributed by atoms with Gasteiger partial charge in [-0.2, -0.15) is 0 Å². The van der Waals surface area contributed by atoms with E-state index in [1.54, 1.807) is 0 Å². The van der Waals surface area contributed by atoms with Gasteiger partial charge in [-0.15, -0.1) is 0 Å². The van der Waals surface area contributed by atoms with E-state index in [0.717, 1.165) is 32.8 Å². The fourth-order valence-electron chi connectivity index (χ4n) is 1.99. The highest BCUT2D eigenvalue weighted by Gasteiger charge is 2.29. The van der Waals surface area contributed by atoms with Crippen molar-refractivity contribution in [2.24, 2.45) is 5.92 Å². The summed E-state index contributed by atoms with van der Waals surface area (Å²) in [5.74, 6) is 0.611. The molecule has 1 unspecified atom stereocenters. The summed E-state index contributed by atoms with van der Waals surface area (Å²) in [6.45, 7) is 9.31. The van der Waals surface area contributed by atoms with Crippen molar-refractivity contribution in [3.63, 3.8) is 0 Å². The first-order valence-corrected chi connectivity index (χ1v) is 5.21. The highest BCUT2D eigenvalue weighted by molar-refractivity contribution is 4.79. The molecule has 0 saturated carbocycles. The first kappa shape index (κ1) is 9.44. The maximum absolute atomic E-state index is 5.81. The fourth-order valence-corrected chi connectivity index (χ4v) is 1.99. The molecule has 2 heterocycles. The van der Waals surface area contributed by atoms with Gasteiger partial charge in [0.05, 0.1) is 25.4 Å². The molecule has 0 aromatic rings. The number of hydrogen-bond donors (Lipinski definition) is 0. The van der Waals surface area contributed by atoms with Crippen LogP contribution in [-0.4, -0.2) is 50.0 Å². The van der Waals surface area contributed by atoms with Crippen LogP contribution in [0.1, 0.15) is 13.8 Å². The van der Waals surface area contributed by atoms with E-state index in [0.29, 0.717) is 18.1 Å². The molecule has 2 aliphatic heterocycles. The van der Waals surface area contributed by atoms with Crippen LogP contribution < -0.4 is 0 Å². The Bertz CT molecular complexity index is 172. The van der Waals surface area contributed by atoms with Crippen LogP contribution in [0.3, 0.4) is 0 Å². The van der Waals surface area contributed by atoms with Crippen LogP contribution in [0.2, 0.25) is 0 Å². The Morgan fingerprint density at radius 2 is 2.08 bits per heavy atom. The van der Waals surface area contributed by atoms with E-state index in [1.165, 1.54) is 0 Å². The van der Waals surface area contributed by atoms with Gasteiger partial charge in [-0.3, -0.25) is 4.90 Å². The highest BCUT2D eigenvalue weighted by Crippen LogP contribution is 2.17. The molecule has 0 aliphatic carbocycles. The van der Waals surface area contributed by atoms with Crippen LogP contribution in [0.25, 0.3) is 0 Å².